The number of ether oxygens (including phenoxy) is 1. The molecular formula is C10H16N2O. The molecule has 0 aliphatic heterocycles. The molecule has 1 aromatic rings. The van der Waals surface area contributed by atoms with Crippen LogP contribution >= 0.6 is 0 Å². The Morgan fingerprint density at radius 1 is 1.38 bits per heavy atom. The van der Waals surface area contributed by atoms with E-state index in [4.69, 9.17) is 10.5 Å². The van der Waals surface area contributed by atoms with E-state index in [0.29, 0.717) is 12.4 Å². The first-order chi connectivity index (χ1) is 6.01. The van der Waals surface area contributed by atoms with Crippen LogP contribution in [0.1, 0.15) is 26.3 Å². The summed E-state index contributed by atoms with van der Waals surface area (Å²) in [6.07, 6.45) is 1.74. The van der Waals surface area contributed by atoms with E-state index in [9.17, 15) is 0 Å². The van der Waals surface area contributed by atoms with Crippen molar-refractivity contribution < 1.29 is 4.74 Å². The minimum absolute atomic E-state index is 0.197. The van der Waals surface area contributed by atoms with Crippen LogP contribution in [0, 0.1) is 0 Å². The fourth-order valence-corrected chi connectivity index (χ4v) is 0.906. The zero-order valence-electron chi connectivity index (χ0n) is 8.37. The Kier molecular flexibility index (Phi) is 2.88. The van der Waals surface area contributed by atoms with Gasteiger partial charge >= 0.3 is 0 Å². The molecule has 1 rings (SSSR count). The Labute approximate surface area is 78.9 Å². The number of aromatic nitrogens is 1. The predicted octanol–water partition coefficient (Wildman–Crippen LogP) is 1.72. The first-order valence-electron chi connectivity index (χ1n) is 4.35. The highest BCUT2D eigenvalue weighted by atomic mass is 16.5. The Balaban J connectivity index is 2.70. The van der Waals surface area contributed by atoms with Gasteiger partial charge in [0.25, 0.3) is 0 Å². The normalized spacial score (nSPS) is 11.4. The largest absolute Gasteiger partial charge is 0.472 e. The van der Waals surface area contributed by atoms with Crippen molar-refractivity contribution in [2.45, 2.75) is 32.9 Å². The van der Waals surface area contributed by atoms with E-state index in [1.165, 1.54) is 0 Å². The molecule has 0 saturated heterocycles. The number of rotatable bonds is 2. The van der Waals surface area contributed by atoms with Crippen LogP contribution in [0.3, 0.4) is 0 Å². The lowest BCUT2D eigenvalue weighted by Gasteiger charge is -2.20. The second-order valence-electron chi connectivity index (χ2n) is 3.92. The van der Waals surface area contributed by atoms with E-state index < -0.39 is 0 Å². The monoisotopic (exact) mass is 180 g/mol. The third kappa shape index (κ3) is 3.42. The molecule has 0 amide bonds. The maximum atomic E-state index is 5.55. The molecule has 0 aliphatic carbocycles. The molecule has 3 nitrogen and oxygen atoms in total. The summed E-state index contributed by atoms with van der Waals surface area (Å²) in [5.41, 5.74) is 6.26. The quantitative estimate of drug-likeness (QED) is 0.753. The van der Waals surface area contributed by atoms with Gasteiger partial charge in [0.1, 0.15) is 5.60 Å². The average Bonchev–Trinajstić information content (AvgIpc) is 2.03. The number of hydrogen-bond acceptors (Lipinski definition) is 3. The molecule has 0 unspecified atom stereocenters. The van der Waals surface area contributed by atoms with Crippen molar-refractivity contribution in [3.8, 4) is 5.88 Å². The summed E-state index contributed by atoms with van der Waals surface area (Å²) in [4.78, 5) is 4.13. The third-order valence-electron chi connectivity index (χ3n) is 1.44. The van der Waals surface area contributed by atoms with Crippen LogP contribution in [0.2, 0.25) is 0 Å². The number of nitrogens with zero attached hydrogens (tertiary/aromatic N) is 1. The molecule has 0 atom stereocenters. The second kappa shape index (κ2) is 3.75. The maximum Gasteiger partial charge on any atom is 0.213 e. The zero-order valence-corrected chi connectivity index (χ0v) is 8.37. The number of pyridine rings is 1. The van der Waals surface area contributed by atoms with Crippen molar-refractivity contribution in [1.29, 1.82) is 0 Å². The maximum absolute atomic E-state index is 5.55. The Bertz CT molecular complexity index is 261. The van der Waals surface area contributed by atoms with E-state index in [-0.39, 0.29) is 5.60 Å². The summed E-state index contributed by atoms with van der Waals surface area (Å²) >= 11 is 0. The lowest BCUT2D eigenvalue weighted by atomic mass is 10.2. The minimum atomic E-state index is -0.197. The molecule has 0 fully saturated rings. The lowest BCUT2D eigenvalue weighted by molar-refractivity contribution is 0.124. The SMILES string of the molecule is CC(C)(C)Oc1ccc(CN)cn1. The van der Waals surface area contributed by atoms with E-state index in [1.807, 2.05) is 32.9 Å². The van der Waals surface area contributed by atoms with Crippen LogP contribution in [-0.2, 0) is 6.54 Å². The first kappa shape index (κ1) is 9.99. The van der Waals surface area contributed by atoms with E-state index in [0.717, 1.165) is 5.56 Å². The van der Waals surface area contributed by atoms with Crippen molar-refractivity contribution in [1.82, 2.24) is 4.98 Å². The molecule has 3 heteroatoms. The van der Waals surface area contributed by atoms with Gasteiger partial charge in [-0.3, -0.25) is 0 Å². The summed E-state index contributed by atoms with van der Waals surface area (Å²) in [5.74, 6) is 0.643. The van der Waals surface area contributed by atoms with Crippen molar-refractivity contribution in [3.05, 3.63) is 23.9 Å². The van der Waals surface area contributed by atoms with Gasteiger partial charge in [0, 0.05) is 18.8 Å². The Morgan fingerprint density at radius 2 is 2.08 bits per heavy atom. The van der Waals surface area contributed by atoms with Gasteiger partial charge in [-0.05, 0) is 26.3 Å². The fraction of sp³-hybridized carbons (Fsp3) is 0.500. The topological polar surface area (TPSA) is 48.1 Å². The van der Waals surface area contributed by atoms with E-state index in [1.54, 1.807) is 6.20 Å². The first-order valence-corrected chi connectivity index (χ1v) is 4.35. The average molecular weight is 180 g/mol. The van der Waals surface area contributed by atoms with Gasteiger partial charge in [0.2, 0.25) is 5.88 Å². The van der Waals surface area contributed by atoms with Crippen LogP contribution < -0.4 is 10.5 Å². The molecule has 0 saturated carbocycles. The molecule has 0 aliphatic rings. The molecule has 0 spiro atoms. The molecule has 2 N–H and O–H groups in total. The predicted molar refractivity (Wildman–Crippen MR) is 52.5 cm³/mol. The van der Waals surface area contributed by atoms with Crippen molar-refractivity contribution in [2.75, 3.05) is 0 Å². The standard InChI is InChI=1S/C10H16N2O/c1-10(2,3)13-9-5-4-8(6-11)7-12-9/h4-5,7H,6,11H2,1-3H3. The Hall–Kier alpha value is -1.09. The molecule has 0 aromatic carbocycles. The summed E-state index contributed by atoms with van der Waals surface area (Å²) in [5, 5.41) is 0. The van der Waals surface area contributed by atoms with Crippen LogP contribution in [0.15, 0.2) is 18.3 Å². The molecule has 0 radical (unpaired) electrons. The summed E-state index contributed by atoms with van der Waals surface area (Å²) in [6.45, 7) is 6.49. The van der Waals surface area contributed by atoms with Gasteiger partial charge in [0.15, 0.2) is 0 Å². The van der Waals surface area contributed by atoms with Gasteiger partial charge in [-0.2, -0.15) is 0 Å². The third-order valence-corrected chi connectivity index (χ3v) is 1.44. The van der Waals surface area contributed by atoms with Gasteiger partial charge in [0.05, 0.1) is 0 Å². The van der Waals surface area contributed by atoms with Crippen LogP contribution in [0.25, 0.3) is 0 Å². The highest BCUT2D eigenvalue weighted by Crippen LogP contribution is 2.14. The fourth-order valence-electron chi connectivity index (χ4n) is 0.906. The number of nitrogens with two attached hydrogens (primary N) is 1. The van der Waals surface area contributed by atoms with Crippen LogP contribution in [0.5, 0.6) is 5.88 Å². The van der Waals surface area contributed by atoms with Crippen molar-refractivity contribution in [2.24, 2.45) is 5.73 Å². The molecular weight excluding hydrogens is 164 g/mol. The number of hydrogen-bond donors (Lipinski definition) is 1. The smallest absolute Gasteiger partial charge is 0.213 e. The minimum Gasteiger partial charge on any atom is -0.472 e. The molecule has 13 heavy (non-hydrogen) atoms. The summed E-state index contributed by atoms with van der Waals surface area (Å²) in [6, 6.07) is 3.77. The van der Waals surface area contributed by atoms with Gasteiger partial charge in [-0.15, -0.1) is 0 Å². The second-order valence-corrected chi connectivity index (χ2v) is 3.92. The Morgan fingerprint density at radius 3 is 2.46 bits per heavy atom. The zero-order chi connectivity index (χ0) is 9.90. The molecule has 1 heterocycles. The molecule has 72 valence electrons. The van der Waals surface area contributed by atoms with E-state index >= 15 is 0 Å². The van der Waals surface area contributed by atoms with Gasteiger partial charge in [-0.1, -0.05) is 6.07 Å². The van der Waals surface area contributed by atoms with Gasteiger partial charge in [-0.25, -0.2) is 4.98 Å². The van der Waals surface area contributed by atoms with Crippen LogP contribution in [0.4, 0.5) is 0 Å². The molecule has 0 bridgehead atoms. The molecule has 1 aromatic heterocycles. The van der Waals surface area contributed by atoms with Crippen molar-refractivity contribution in [3.63, 3.8) is 0 Å². The summed E-state index contributed by atoms with van der Waals surface area (Å²) in [7, 11) is 0. The highest BCUT2D eigenvalue weighted by molar-refractivity contribution is 5.17. The summed E-state index contributed by atoms with van der Waals surface area (Å²) < 4.78 is 5.55. The highest BCUT2D eigenvalue weighted by Gasteiger charge is 2.11. The van der Waals surface area contributed by atoms with Crippen molar-refractivity contribution >= 4 is 0 Å². The van der Waals surface area contributed by atoms with E-state index in [2.05, 4.69) is 4.98 Å². The van der Waals surface area contributed by atoms with Gasteiger partial charge < -0.3 is 10.5 Å². The lowest BCUT2D eigenvalue weighted by Crippen LogP contribution is -2.23. The van der Waals surface area contributed by atoms with Crippen LogP contribution in [-0.4, -0.2) is 10.6 Å².